The van der Waals surface area contributed by atoms with Gasteiger partial charge in [-0.1, -0.05) is 6.92 Å². The minimum absolute atomic E-state index is 0. The van der Waals surface area contributed by atoms with Crippen LogP contribution in [0.5, 0.6) is 0 Å². The van der Waals surface area contributed by atoms with Gasteiger partial charge < -0.3 is 15.2 Å². The van der Waals surface area contributed by atoms with Crippen molar-refractivity contribution in [3.05, 3.63) is 11.6 Å². The maximum absolute atomic E-state index is 4.77. The molecule has 1 aromatic rings. The van der Waals surface area contributed by atoms with Crippen molar-refractivity contribution in [2.75, 3.05) is 13.1 Å². The first kappa shape index (κ1) is 20.4. The molecule has 2 atom stereocenters. The van der Waals surface area contributed by atoms with Crippen molar-refractivity contribution in [2.45, 2.75) is 65.2 Å². The van der Waals surface area contributed by atoms with Crippen LogP contribution >= 0.6 is 24.0 Å². The molecule has 0 amide bonds. The first-order valence-electron chi connectivity index (χ1n) is 9.10. The van der Waals surface area contributed by atoms with Gasteiger partial charge in [0.15, 0.2) is 11.8 Å². The van der Waals surface area contributed by atoms with Crippen molar-refractivity contribution in [2.24, 2.45) is 18.0 Å². The number of hydrogen-bond donors (Lipinski definition) is 2. The van der Waals surface area contributed by atoms with Crippen molar-refractivity contribution < 1.29 is 0 Å². The van der Waals surface area contributed by atoms with E-state index in [4.69, 9.17) is 4.99 Å². The van der Waals surface area contributed by atoms with Gasteiger partial charge in [-0.05, 0) is 39.5 Å². The standard InChI is InChI=1S/C17H31N7.HI/c1-11(2)24-9-12(3)15(10-24)20-17(19-14-6-7-14)18-8-16-22-21-13(4)23(16)5;/h11-12,14-15H,6-10H2,1-5H3,(H2,18,19,20);1H. The molecule has 2 N–H and O–H groups in total. The Morgan fingerprint density at radius 3 is 2.48 bits per heavy atom. The second-order valence-electron chi connectivity index (χ2n) is 7.58. The number of nitrogens with one attached hydrogen (secondary N) is 2. The van der Waals surface area contributed by atoms with E-state index in [1.807, 2.05) is 18.5 Å². The number of hydrogen-bond acceptors (Lipinski definition) is 4. The zero-order chi connectivity index (χ0) is 17.3. The molecule has 2 heterocycles. The minimum Gasteiger partial charge on any atom is -0.354 e. The van der Waals surface area contributed by atoms with E-state index in [0.717, 1.165) is 30.7 Å². The molecular weight excluding hydrogens is 429 g/mol. The third-order valence-electron chi connectivity index (χ3n) is 5.17. The van der Waals surface area contributed by atoms with E-state index in [1.165, 1.54) is 12.8 Å². The van der Waals surface area contributed by atoms with Crippen molar-refractivity contribution in [1.82, 2.24) is 30.3 Å². The average Bonchev–Trinajstić information content (AvgIpc) is 3.20. The molecule has 25 heavy (non-hydrogen) atoms. The monoisotopic (exact) mass is 461 g/mol. The number of halogens is 1. The summed E-state index contributed by atoms with van der Waals surface area (Å²) < 4.78 is 2.00. The van der Waals surface area contributed by atoms with Gasteiger partial charge in [-0.2, -0.15) is 0 Å². The molecule has 1 aromatic heterocycles. The van der Waals surface area contributed by atoms with Crippen LogP contribution in [0.25, 0.3) is 0 Å². The molecule has 2 fully saturated rings. The average molecular weight is 461 g/mol. The topological polar surface area (TPSA) is 70.4 Å². The number of rotatable bonds is 5. The van der Waals surface area contributed by atoms with E-state index in [2.05, 4.69) is 46.5 Å². The van der Waals surface area contributed by atoms with E-state index in [0.29, 0.717) is 30.6 Å². The van der Waals surface area contributed by atoms with Crippen LogP contribution in [0.1, 0.15) is 45.3 Å². The lowest BCUT2D eigenvalue weighted by Crippen LogP contribution is -2.47. The quantitative estimate of drug-likeness (QED) is 0.397. The maximum atomic E-state index is 4.77. The maximum Gasteiger partial charge on any atom is 0.192 e. The number of aliphatic imine (C=N–C) groups is 1. The lowest BCUT2D eigenvalue weighted by Gasteiger charge is -2.22. The summed E-state index contributed by atoms with van der Waals surface area (Å²) in [6.07, 6.45) is 2.48. The number of aromatic nitrogens is 3. The van der Waals surface area contributed by atoms with Gasteiger partial charge in [0.1, 0.15) is 12.4 Å². The Labute approximate surface area is 168 Å². The molecule has 1 saturated carbocycles. The van der Waals surface area contributed by atoms with Gasteiger partial charge in [-0.25, -0.2) is 4.99 Å². The molecule has 1 saturated heterocycles. The Hall–Kier alpha value is -0.900. The van der Waals surface area contributed by atoms with Crippen molar-refractivity contribution in [3.8, 4) is 0 Å². The number of guanidine groups is 1. The lowest BCUT2D eigenvalue weighted by atomic mass is 10.1. The molecule has 1 aliphatic carbocycles. The zero-order valence-electron chi connectivity index (χ0n) is 16.0. The van der Waals surface area contributed by atoms with Gasteiger partial charge in [-0.15, -0.1) is 34.2 Å². The summed E-state index contributed by atoms with van der Waals surface area (Å²) in [5.74, 6) is 3.35. The van der Waals surface area contributed by atoms with Crippen molar-refractivity contribution in [3.63, 3.8) is 0 Å². The highest BCUT2D eigenvalue weighted by Crippen LogP contribution is 2.20. The molecule has 7 nitrogen and oxygen atoms in total. The normalized spacial score (nSPS) is 24.5. The summed E-state index contributed by atoms with van der Waals surface area (Å²) in [7, 11) is 1.99. The SMILES string of the molecule is Cc1nnc(CN=C(NC2CC2)NC2CN(C(C)C)CC2C)n1C.I. The van der Waals surface area contributed by atoms with E-state index in [1.54, 1.807) is 0 Å². The van der Waals surface area contributed by atoms with Crippen LogP contribution in [0, 0.1) is 12.8 Å². The van der Waals surface area contributed by atoms with Gasteiger partial charge in [0.25, 0.3) is 0 Å². The molecule has 0 aromatic carbocycles. The summed E-state index contributed by atoms with van der Waals surface area (Å²) in [5.41, 5.74) is 0. The Kier molecular flexibility index (Phi) is 7.07. The summed E-state index contributed by atoms with van der Waals surface area (Å²) in [4.78, 5) is 7.30. The predicted molar refractivity (Wildman–Crippen MR) is 111 cm³/mol. The molecular formula is C17H32IN7. The summed E-state index contributed by atoms with van der Waals surface area (Å²) >= 11 is 0. The fourth-order valence-electron chi connectivity index (χ4n) is 3.08. The predicted octanol–water partition coefficient (Wildman–Crippen LogP) is 1.67. The van der Waals surface area contributed by atoms with Crippen molar-refractivity contribution in [1.29, 1.82) is 0 Å². The molecule has 142 valence electrons. The van der Waals surface area contributed by atoms with Gasteiger partial charge in [-0.3, -0.25) is 4.90 Å². The van der Waals surface area contributed by atoms with Crippen LogP contribution in [-0.4, -0.2) is 56.8 Å². The molecule has 0 bridgehead atoms. The first-order valence-corrected chi connectivity index (χ1v) is 9.10. The fourth-order valence-corrected chi connectivity index (χ4v) is 3.08. The molecule has 0 radical (unpaired) electrons. The molecule has 2 unspecified atom stereocenters. The summed E-state index contributed by atoms with van der Waals surface area (Å²) in [5, 5.41) is 15.5. The molecule has 2 aliphatic rings. The summed E-state index contributed by atoms with van der Waals surface area (Å²) in [6, 6.07) is 1.62. The Morgan fingerprint density at radius 2 is 1.96 bits per heavy atom. The Morgan fingerprint density at radius 1 is 1.24 bits per heavy atom. The first-order chi connectivity index (χ1) is 11.4. The van der Waals surface area contributed by atoms with Crippen LogP contribution in [0.3, 0.4) is 0 Å². The van der Waals surface area contributed by atoms with Crippen LogP contribution in [0.2, 0.25) is 0 Å². The highest BCUT2D eigenvalue weighted by Gasteiger charge is 2.32. The third-order valence-corrected chi connectivity index (χ3v) is 5.17. The van der Waals surface area contributed by atoms with E-state index < -0.39 is 0 Å². The second kappa shape index (κ2) is 8.66. The highest BCUT2D eigenvalue weighted by atomic mass is 127. The van der Waals surface area contributed by atoms with Crippen LogP contribution < -0.4 is 10.6 Å². The minimum atomic E-state index is 0. The molecule has 1 aliphatic heterocycles. The fraction of sp³-hybridized carbons (Fsp3) is 0.824. The van der Waals surface area contributed by atoms with Crippen molar-refractivity contribution >= 4 is 29.9 Å². The number of likely N-dealkylation sites (tertiary alicyclic amines) is 1. The zero-order valence-corrected chi connectivity index (χ0v) is 18.3. The molecule has 3 rings (SSSR count). The lowest BCUT2D eigenvalue weighted by molar-refractivity contribution is 0.265. The smallest absolute Gasteiger partial charge is 0.192 e. The second-order valence-corrected chi connectivity index (χ2v) is 7.58. The van der Waals surface area contributed by atoms with E-state index >= 15 is 0 Å². The van der Waals surface area contributed by atoms with E-state index in [9.17, 15) is 0 Å². The van der Waals surface area contributed by atoms with Gasteiger partial charge in [0, 0.05) is 38.3 Å². The summed E-state index contributed by atoms with van der Waals surface area (Å²) in [6.45, 7) is 11.6. The Bertz CT molecular complexity index is 594. The third kappa shape index (κ3) is 5.29. The van der Waals surface area contributed by atoms with Crippen LogP contribution in [0.15, 0.2) is 4.99 Å². The van der Waals surface area contributed by atoms with Crippen LogP contribution in [-0.2, 0) is 13.6 Å². The molecule has 8 heteroatoms. The number of aryl methyl sites for hydroxylation is 1. The molecule has 0 spiro atoms. The van der Waals surface area contributed by atoms with Gasteiger partial charge in [0.05, 0.1) is 0 Å². The number of nitrogens with zero attached hydrogens (tertiary/aromatic N) is 5. The largest absolute Gasteiger partial charge is 0.354 e. The Balaban J connectivity index is 0.00000225. The van der Waals surface area contributed by atoms with E-state index in [-0.39, 0.29) is 24.0 Å². The van der Waals surface area contributed by atoms with Gasteiger partial charge >= 0.3 is 0 Å². The highest BCUT2D eigenvalue weighted by molar-refractivity contribution is 14.0. The van der Waals surface area contributed by atoms with Crippen LogP contribution in [0.4, 0.5) is 0 Å². The van der Waals surface area contributed by atoms with Gasteiger partial charge in [0.2, 0.25) is 0 Å².